The molecule has 0 aromatic heterocycles. The molecule has 0 radical (unpaired) electrons. The molecular formula is C11H13NO3. The van der Waals surface area contributed by atoms with Crippen LogP contribution in [-0.4, -0.2) is 12.9 Å². The minimum Gasteiger partial charge on any atom is -0.490 e. The first-order valence-electron chi connectivity index (χ1n) is 5.10. The van der Waals surface area contributed by atoms with E-state index in [1.165, 1.54) is 0 Å². The summed E-state index contributed by atoms with van der Waals surface area (Å²) in [5, 5.41) is 0. The Labute approximate surface area is 87.9 Å². The van der Waals surface area contributed by atoms with Crippen molar-refractivity contribution in [3.05, 3.63) is 17.7 Å². The van der Waals surface area contributed by atoms with Crippen molar-refractivity contribution in [3.8, 4) is 17.2 Å². The number of fused-ring (bicyclic) bond motifs is 2. The van der Waals surface area contributed by atoms with Crippen molar-refractivity contribution in [2.75, 3.05) is 6.79 Å². The van der Waals surface area contributed by atoms with Crippen LogP contribution >= 0.6 is 0 Å². The maximum atomic E-state index is 6.05. The van der Waals surface area contributed by atoms with E-state index in [0.717, 1.165) is 29.2 Å². The summed E-state index contributed by atoms with van der Waals surface area (Å²) in [5.41, 5.74) is 7.07. The van der Waals surface area contributed by atoms with E-state index >= 15 is 0 Å². The van der Waals surface area contributed by atoms with Crippen LogP contribution in [0.15, 0.2) is 12.1 Å². The van der Waals surface area contributed by atoms with Gasteiger partial charge in [0.25, 0.3) is 0 Å². The molecule has 0 saturated carbocycles. The lowest BCUT2D eigenvalue weighted by Crippen LogP contribution is -2.27. The van der Waals surface area contributed by atoms with E-state index in [0.29, 0.717) is 0 Å². The highest BCUT2D eigenvalue weighted by molar-refractivity contribution is 5.53. The molecule has 2 heterocycles. The van der Waals surface area contributed by atoms with E-state index in [4.69, 9.17) is 19.9 Å². The number of rotatable bonds is 0. The average Bonchev–Trinajstić information content (AvgIpc) is 2.61. The lowest BCUT2D eigenvalue weighted by Gasteiger charge is -2.28. The van der Waals surface area contributed by atoms with Gasteiger partial charge < -0.3 is 19.9 Å². The summed E-state index contributed by atoms with van der Waals surface area (Å²) in [4.78, 5) is 0. The lowest BCUT2D eigenvalue weighted by atomic mass is 9.97. The smallest absolute Gasteiger partial charge is 0.231 e. The fraction of sp³-hybridized carbons (Fsp3) is 0.455. The van der Waals surface area contributed by atoms with E-state index in [-0.39, 0.29) is 18.9 Å². The van der Waals surface area contributed by atoms with Crippen molar-refractivity contribution in [3.63, 3.8) is 0 Å². The highest BCUT2D eigenvalue weighted by atomic mass is 16.7. The Hall–Kier alpha value is -1.42. The van der Waals surface area contributed by atoms with Crippen molar-refractivity contribution < 1.29 is 14.2 Å². The number of ether oxygens (including phenoxy) is 3. The molecule has 15 heavy (non-hydrogen) atoms. The number of hydrogen-bond acceptors (Lipinski definition) is 4. The van der Waals surface area contributed by atoms with Gasteiger partial charge in [-0.15, -0.1) is 0 Å². The highest BCUT2D eigenvalue weighted by Gasteiger charge is 2.27. The van der Waals surface area contributed by atoms with Gasteiger partial charge in [0, 0.05) is 24.1 Å². The van der Waals surface area contributed by atoms with Crippen molar-refractivity contribution in [2.24, 2.45) is 5.73 Å². The van der Waals surface area contributed by atoms with Crippen molar-refractivity contribution >= 4 is 0 Å². The van der Waals surface area contributed by atoms with Crippen LogP contribution in [0.5, 0.6) is 17.2 Å². The molecule has 80 valence electrons. The summed E-state index contributed by atoms with van der Waals surface area (Å²) < 4.78 is 16.3. The molecule has 4 heteroatoms. The molecule has 4 nitrogen and oxygen atoms in total. The fourth-order valence-electron chi connectivity index (χ4n) is 2.08. The molecule has 0 spiro atoms. The molecule has 0 fully saturated rings. The number of benzene rings is 1. The molecule has 0 amide bonds. The van der Waals surface area contributed by atoms with Gasteiger partial charge in [0.2, 0.25) is 6.79 Å². The van der Waals surface area contributed by atoms with Gasteiger partial charge in [-0.3, -0.25) is 0 Å². The summed E-state index contributed by atoms with van der Waals surface area (Å²) in [6.45, 7) is 2.30. The van der Waals surface area contributed by atoms with E-state index in [1.54, 1.807) is 0 Å². The molecule has 0 aliphatic carbocycles. The molecule has 2 N–H and O–H groups in total. The first-order chi connectivity index (χ1) is 7.24. The monoisotopic (exact) mass is 207 g/mol. The minimum atomic E-state index is 0.0262. The predicted octanol–water partition coefficient (Wildman–Crippen LogP) is 1.59. The minimum absolute atomic E-state index is 0.0262. The third-order valence-corrected chi connectivity index (χ3v) is 2.82. The zero-order valence-electron chi connectivity index (χ0n) is 8.53. The van der Waals surface area contributed by atoms with Crippen LogP contribution < -0.4 is 19.9 Å². The van der Waals surface area contributed by atoms with Crippen molar-refractivity contribution in [2.45, 2.75) is 25.5 Å². The first-order valence-corrected chi connectivity index (χ1v) is 5.10. The molecule has 3 rings (SSSR count). The molecule has 2 aliphatic rings. The van der Waals surface area contributed by atoms with Crippen LogP contribution in [-0.2, 0) is 0 Å². The summed E-state index contributed by atoms with van der Waals surface area (Å²) in [7, 11) is 0. The average molecular weight is 207 g/mol. The van der Waals surface area contributed by atoms with Crippen LogP contribution in [0.3, 0.4) is 0 Å². The molecule has 0 saturated heterocycles. The Morgan fingerprint density at radius 3 is 2.73 bits per heavy atom. The van der Waals surface area contributed by atoms with E-state index in [1.807, 2.05) is 19.1 Å². The van der Waals surface area contributed by atoms with E-state index in [2.05, 4.69) is 0 Å². The third-order valence-electron chi connectivity index (χ3n) is 2.82. The van der Waals surface area contributed by atoms with Gasteiger partial charge in [0.15, 0.2) is 11.5 Å². The summed E-state index contributed by atoms with van der Waals surface area (Å²) >= 11 is 0. The Balaban J connectivity index is 2.09. The predicted molar refractivity (Wildman–Crippen MR) is 54.2 cm³/mol. The van der Waals surface area contributed by atoms with Gasteiger partial charge in [-0.1, -0.05) is 0 Å². The normalized spacial score (nSPS) is 27.1. The second-order valence-corrected chi connectivity index (χ2v) is 4.01. The van der Waals surface area contributed by atoms with Gasteiger partial charge in [0.05, 0.1) is 6.10 Å². The van der Waals surface area contributed by atoms with Gasteiger partial charge in [-0.05, 0) is 13.0 Å². The van der Waals surface area contributed by atoms with Gasteiger partial charge in [0.1, 0.15) is 5.75 Å². The van der Waals surface area contributed by atoms with Crippen LogP contribution in [0.25, 0.3) is 0 Å². The molecule has 0 bridgehead atoms. The van der Waals surface area contributed by atoms with Crippen LogP contribution in [0, 0.1) is 0 Å². The summed E-state index contributed by atoms with van der Waals surface area (Å²) in [6, 6.07) is 3.82. The maximum Gasteiger partial charge on any atom is 0.231 e. The lowest BCUT2D eigenvalue weighted by molar-refractivity contribution is 0.172. The third kappa shape index (κ3) is 1.33. The van der Waals surface area contributed by atoms with Crippen LogP contribution in [0.1, 0.15) is 24.9 Å². The largest absolute Gasteiger partial charge is 0.490 e. The standard InChI is InChI=1S/C11H13NO3/c1-6-2-8(12)7-3-10-11(14-5-13-10)4-9(7)15-6/h3-4,6,8H,2,5,12H2,1H3. The quantitative estimate of drug-likeness (QED) is 0.701. The van der Waals surface area contributed by atoms with Crippen molar-refractivity contribution in [1.82, 2.24) is 0 Å². The van der Waals surface area contributed by atoms with Gasteiger partial charge >= 0.3 is 0 Å². The van der Waals surface area contributed by atoms with Crippen LogP contribution in [0.4, 0.5) is 0 Å². The van der Waals surface area contributed by atoms with E-state index < -0.39 is 0 Å². The second kappa shape index (κ2) is 3.03. The molecule has 2 aliphatic heterocycles. The SMILES string of the molecule is CC1CC(N)c2cc3c(cc2O1)OCO3. The number of nitrogens with two attached hydrogens (primary N) is 1. The molecular weight excluding hydrogens is 194 g/mol. The van der Waals surface area contributed by atoms with E-state index in [9.17, 15) is 0 Å². The number of hydrogen-bond donors (Lipinski definition) is 1. The summed E-state index contributed by atoms with van der Waals surface area (Å²) in [6.07, 6.45) is 1.000. The van der Waals surface area contributed by atoms with Crippen molar-refractivity contribution in [1.29, 1.82) is 0 Å². The summed E-state index contributed by atoms with van der Waals surface area (Å²) in [5.74, 6) is 2.34. The Morgan fingerprint density at radius 2 is 1.93 bits per heavy atom. The van der Waals surface area contributed by atoms with Gasteiger partial charge in [-0.25, -0.2) is 0 Å². The first kappa shape index (κ1) is 8.85. The second-order valence-electron chi connectivity index (χ2n) is 4.01. The zero-order chi connectivity index (χ0) is 10.4. The molecule has 1 aromatic rings. The Morgan fingerprint density at radius 1 is 1.20 bits per heavy atom. The Bertz CT molecular complexity index is 405. The fourth-order valence-corrected chi connectivity index (χ4v) is 2.08. The molecule has 1 aromatic carbocycles. The topological polar surface area (TPSA) is 53.7 Å². The zero-order valence-corrected chi connectivity index (χ0v) is 8.53. The van der Waals surface area contributed by atoms with Gasteiger partial charge in [-0.2, -0.15) is 0 Å². The molecule has 2 unspecified atom stereocenters. The Kier molecular flexibility index (Phi) is 1.79. The van der Waals surface area contributed by atoms with Crippen LogP contribution in [0.2, 0.25) is 0 Å². The maximum absolute atomic E-state index is 6.05. The highest BCUT2D eigenvalue weighted by Crippen LogP contribution is 2.43. The molecule has 2 atom stereocenters.